The van der Waals surface area contributed by atoms with Crippen molar-refractivity contribution in [2.24, 2.45) is 0 Å². The molecule has 0 spiro atoms. The molecule has 2 N–H and O–H groups in total. The molecule has 0 saturated carbocycles. The quantitative estimate of drug-likeness (QED) is 0.841. The fraction of sp³-hybridized carbons (Fsp3) is 0.500. The Balaban J connectivity index is 1.81. The number of aliphatic hydroxyl groups is 1. The van der Waals surface area contributed by atoms with E-state index in [0.29, 0.717) is 17.4 Å². The largest absolute Gasteiger partial charge is 0.409 e. The molecule has 2 aromatic rings. The van der Waals surface area contributed by atoms with Crippen LogP contribution in [-0.4, -0.2) is 34.1 Å². The summed E-state index contributed by atoms with van der Waals surface area (Å²) in [6, 6.07) is 6.14. The summed E-state index contributed by atoms with van der Waals surface area (Å²) < 4.78 is 7.38. The van der Waals surface area contributed by atoms with E-state index in [1.165, 1.54) is 16.0 Å². The summed E-state index contributed by atoms with van der Waals surface area (Å²) in [5, 5.41) is 14.3. The van der Waals surface area contributed by atoms with Gasteiger partial charge in [0, 0.05) is 5.56 Å². The smallest absolute Gasteiger partial charge is 0.292 e. The van der Waals surface area contributed by atoms with Crippen LogP contribution in [0.1, 0.15) is 24.0 Å². The molecule has 1 unspecified atom stereocenters. The summed E-state index contributed by atoms with van der Waals surface area (Å²) >= 11 is 5.29. The van der Waals surface area contributed by atoms with Crippen LogP contribution in [0.15, 0.2) is 22.6 Å². The standard InChI is InChI=1S/C16H21N3O2S/c1-11-5-6-13(8-12(11)2)15-17-19(16(22)21-15)10-18-7-3-4-14(20)9-18/h5-6,8,14,20H,3-4,7,9-10H2,1-2H3/p+1/t14-/m1/s1. The molecule has 2 heterocycles. The van der Waals surface area contributed by atoms with Crippen molar-refractivity contribution in [2.45, 2.75) is 39.5 Å². The van der Waals surface area contributed by atoms with Crippen molar-refractivity contribution in [3.63, 3.8) is 0 Å². The van der Waals surface area contributed by atoms with E-state index in [2.05, 4.69) is 31.1 Å². The second-order valence-electron chi connectivity index (χ2n) is 6.13. The average Bonchev–Trinajstić information content (AvgIpc) is 2.83. The summed E-state index contributed by atoms with van der Waals surface area (Å²) in [6.45, 7) is 6.57. The zero-order valence-corrected chi connectivity index (χ0v) is 13.8. The third-order valence-electron chi connectivity index (χ3n) is 4.33. The Morgan fingerprint density at radius 1 is 1.41 bits per heavy atom. The predicted octanol–water partition coefficient (Wildman–Crippen LogP) is 1.49. The maximum Gasteiger partial charge on any atom is 0.292 e. The number of piperidine rings is 1. The van der Waals surface area contributed by atoms with Crippen molar-refractivity contribution < 1.29 is 14.4 Å². The van der Waals surface area contributed by atoms with Gasteiger partial charge in [0.15, 0.2) is 6.67 Å². The molecule has 1 saturated heterocycles. The van der Waals surface area contributed by atoms with Gasteiger partial charge in [-0.25, -0.2) is 0 Å². The number of likely N-dealkylation sites (tertiary alicyclic amines) is 1. The Morgan fingerprint density at radius 2 is 2.23 bits per heavy atom. The second kappa shape index (κ2) is 6.32. The van der Waals surface area contributed by atoms with Crippen molar-refractivity contribution in [3.05, 3.63) is 34.2 Å². The monoisotopic (exact) mass is 320 g/mol. The molecule has 6 heteroatoms. The van der Waals surface area contributed by atoms with Gasteiger partial charge in [-0.15, -0.1) is 5.10 Å². The molecule has 0 radical (unpaired) electrons. The van der Waals surface area contributed by atoms with Crippen LogP contribution in [0, 0.1) is 18.7 Å². The van der Waals surface area contributed by atoms with E-state index in [-0.39, 0.29) is 6.10 Å². The van der Waals surface area contributed by atoms with Crippen LogP contribution >= 0.6 is 12.2 Å². The number of hydrogen-bond donors (Lipinski definition) is 2. The Labute approximate surface area is 135 Å². The molecule has 1 fully saturated rings. The maximum absolute atomic E-state index is 9.77. The van der Waals surface area contributed by atoms with Crippen molar-refractivity contribution in [2.75, 3.05) is 13.1 Å². The molecule has 0 amide bonds. The normalized spacial score (nSPS) is 22.0. The van der Waals surface area contributed by atoms with Crippen LogP contribution in [0.5, 0.6) is 0 Å². The minimum Gasteiger partial charge on any atom is -0.409 e. The van der Waals surface area contributed by atoms with E-state index in [1.54, 1.807) is 4.68 Å². The molecule has 1 aromatic heterocycles. The SMILES string of the molecule is Cc1ccc(-c2nn(C[NH+]3CCC[C@@H](O)C3)c(=S)o2)cc1C. The summed E-state index contributed by atoms with van der Waals surface area (Å²) in [5.41, 5.74) is 3.40. The Hall–Kier alpha value is -1.50. The molecule has 1 aromatic carbocycles. The van der Waals surface area contributed by atoms with Gasteiger partial charge in [-0.2, -0.15) is 4.68 Å². The number of hydrogen-bond acceptors (Lipinski definition) is 4. The highest BCUT2D eigenvalue weighted by Gasteiger charge is 2.22. The van der Waals surface area contributed by atoms with E-state index in [9.17, 15) is 5.11 Å². The van der Waals surface area contributed by atoms with E-state index < -0.39 is 0 Å². The average molecular weight is 320 g/mol. The first-order chi connectivity index (χ1) is 10.5. The summed E-state index contributed by atoms with van der Waals surface area (Å²) in [7, 11) is 0. The first kappa shape index (κ1) is 15.4. The van der Waals surface area contributed by atoms with Crippen LogP contribution < -0.4 is 4.90 Å². The van der Waals surface area contributed by atoms with Gasteiger partial charge in [-0.3, -0.25) is 0 Å². The minimum atomic E-state index is -0.218. The third kappa shape index (κ3) is 3.29. The van der Waals surface area contributed by atoms with Gasteiger partial charge in [-0.1, -0.05) is 6.07 Å². The second-order valence-corrected chi connectivity index (χ2v) is 6.48. The lowest BCUT2D eigenvalue weighted by Gasteiger charge is -2.26. The van der Waals surface area contributed by atoms with E-state index in [1.807, 2.05) is 6.07 Å². The number of benzene rings is 1. The van der Waals surface area contributed by atoms with Crippen molar-refractivity contribution in [3.8, 4) is 11.5 Å². The van der Waals surface area contributed by atoms with Crippen LogP contribution in [-0.2, 0) is 6.67 Å². The fourth-order valence-electron chi connectivity index (χ4n) is 2.88. The van der Waals surface area contributed by atoms with Gasteiger partial charge in [-0.05, 0) is 62.2 Å². The fourth-order valence-corrected chi connectivity index (χ4v) is 3.06. The van der Waals surface area contributed by atoms with E-state index in [4.69, 9.17) is 16.6 Å². The highest BCUT2D eigenvalue weighted by molar-refractivity contribution is 7.71. The lowest BCUT2D eigenvalue weighted by atomic mass is 10.1. The molecule has 1 aliphatic heterocycles. The molecular weight excluding hydrogens is 298 g/mol. The number of aryl methyl sites for hydroxylation is 2. The Kier molecular flexibility index (Phi) is 4.42. The molecule has 0 bridgehead atoms. The van der Waals surface area contributed by atoms with Gasteiger partial charge < -0.3 is 14.4 Å². The number of aromatic nitrogens is 2. The number of nitrogens with one attached hydrogen (secondary N) is 1. The number of aliphatic hydroxyl groups excluding tert-OH is 1. The predicted molar refractivity (Wildman–Crippen MR) is 86.2 cm³/mol. The molecule has 22 heavy (non-hydrogen) atoms. The molecule has 0 aliphatic carbocycles. The summed E-state index contributed by atoms with van der Waals surface area (Å²) in [6.07, 6.45) is 1.71. The topological polar surface area (TPSA) is 55.6 Å². The highest BCUT2D eigenvalue weighted by Crippen LogP contribution is 2.20. The van der Waals surface area contributed by atoms with Gasteiger partial charge in [0.05, 0.1) is 6.54 Å². The van der Waals surface area contributed by atoms with Gasteiger partial charge >= 0.3 is 0 Å². The molecule has 5 nitrogen and oxygen atoms in total. The molecule has 1 aliphatic rings. The maximum atomic E-state index is 9.77. The van der Waals surface area contributed by atoms with Crippen molar-refractivity contribution in [1.29, 1.82) is 0 Å². The van der Waals surface area contributed by atoms with Crippen LogP contribution in [0.2, 0.25) is 0 Å². The first-order valence-corrected chi connectivity index (χ1v) is 8.11. The van der Waals surface area contributed by atoms with E-state index in [0.717, 1.165) is 31.5 Å². The van der Waals surface area contributed by atoms with Crippen LogP contribution in [0.3, 0.4) is 0 Å². The van der Waals surface area contributed by atoms with Crippen LogP contribution in [0.25, 0.3) is 11.5 Å². The molecule has 118 valence electrons. The van der Waals surface area contributed by atoms with Gasteiger partial charge in [0.1, 0.15) is 12.6 Å². The first-order valence-electron chi connectivity index (χ1n) is 7.70. The Bertz CT molecular complexity index is 722. The van der Waals surface area contributed by atoms with E-state index >= 15 is 0 Å². The summed E-state index contributed by atoms with van der Waals surface area (Å²) in [5.74, 6) is 0.560. The van der Waals surface area contributed by atoms with Gasteiger partial charge in [0.2, 0.25) is 5.89 Å². The molecule has 3 rings (SSSR count). The zero-order chi connectivity index (χ0) is 15.7. The molecule has 2 atom stereocenters. The van der Waals surface area contributed by atoms with Crippen LogP contribution in [0.4, 0.5) is 0 Å². The lowest BCUT2D eigenvalue weighted by Crippen LogP contribution is -3.13. The van der Waals surface area contributed by atoms with Crippen molar-refractivity contribution >= 4 is 12.2 Å². The third-order valence-corrected chi connectivity index (χ3v) is 4.62. The summed E-state index contributed by atoms with van der Waals surface area (Å²) in [4.78, 5) is 1.68. The molecular formula is C16H22N3O2S+. The number of quaternary nitrogens is 1. The number of rotatable bonds is 3. The van der Waals surface area contributed by atoms with Gasteiger partial charge in [0.25, 0.3) is 4.84 Å². The number of nitrogens with zero attached hydrogens (tertiary/aromatic N) is 2. The lowest BCUT2D eigenvalue weighted by molar-refractivity contribution is -0.931. The van der Waals surface area contributed by atoms with Crippen molar-refractivity contribution in [1.82, 2.24) is 9.78 Å². The highest BCUT2D eigenvalue weighted by atomic mass is 32.1. The Morgan fingerprint density at radius 3 is 2.95 bits per heavy atom. The minimum absolute atomic E-state index is 0.218. The zero-order valence-electron chi connectivity index (χ0n) is 13.0.